The summed E-state index contributed by atoms with van der Waals surface area (Å²) in [4.78, 5) is 23.1. The van der Waals surface area contributed by atoms with Gasteiger partial charge in [-0.2, -0.15) is 0 Å². The van der Waals surface area contributed by atoms with Gasteiger partial charge < -0.3 is 14.7 Å². The van der Waals surface area contributed by atoms with Crippen LogP contribution in [0.5, 0.6) is 0 Å². The second-order valence-corrected chi connectivity index (χ2v) is 12.7. The van der Waals surface area contributed by atoms with Crippen LogP contribution in [0.4, 0.5) is 9.52 Å². The van der Waals surface area contributed by atoms with Crippen LogP contribution in [-0.2, 0) is 0 Å². The first-order valence-electron chi connectivity index (χ1n) is 13.5. The Morgan fingerprint density at radius 2 is 1.93 bits per heavy atom. The van der Waals surface area contributed by atoms with E-state index in [4.69, 9.17) is 27.7 Å². The number of aromatic nitrogens is 3. The van der Waals surface area contributed by atoms with E-state index < -0.39 is 5.82 Å². The van der Waals surface area contributed by atoms with Crippen LogP contribution in [-0.4, -0.2) is 40.7 Å². The topological polar surface area (TPSA) is 84.2 Å². The van der Waals surface area contributed by atoms with Crippen LogP contribution < -0.4 is 10.2 Å². The van der Waals surface area contributed by atoms with Crippen molar-refractivity contribution in [3.8, 4) is 11.3 Å². The number of fused-ring (bicyclic) bond motifs is 1. The van der Waals surface area contributed by atoms with Crippen LogP contribution in [0.2, 0.25) is 10.0 Å². The second-order valence-electron chi connectivity index (χ2n) is 10.9. The lowest BCUT2D eigenvalue weighted by Gasteiger charge is -2.46. The first kappa shape index (κ1) is 25.9. The highest BCUT2D eigenvalue weighted by atomic mass is 35.5. The third-order valence-corrected chi connectivity index (χ3v) is 9.80. The van der Waals surface area contributed by atoms with Crippen molar-refractivity contribution in [1.82, 2.24) is 20.4 Å². The van der Waals surface area contributed by atoms with Gasteiger partial charge in [-0.05, 0) is 62.1 Å². The summed E-state index contributed by atoms with van der Waals surface area (Å²) in [6.45, 7) is 3.97. The molecule has 0 atom stereocenters. The van der Waals surface area contributed by atoms with E-state index in [1.54, 1.807) is 18.5 Å². The highest BCUT2D eigenvalue weighted by Crippen LogP contribution is 2.56. The Hall–Kier alpha value is -3.01. The Morgan fingerprint density at radius 1 is 1.20 bits per heavy atom. The predicted molar refractivity (Wildman–Crippen MR) is 156 cm³/mol. The van der Waals surface area contributed by atoms with Gasteiger partial charge in [0.05, 0.1) is 14.7 Å². The zero-order chi connectivity index (χ0) is 27.6. The molecule has 2 aliphatic carbocycles. The van der Waals surface area contributed by atoms with E-state index in [0.29, 0.717) is 49.5 Å². The molecule has 206 valence electrons. The first-order chi connectivity index (χ1) is 19.4. The zero-order valence-electron chi connectivity index (χ0n) is 21.8. The molecule has 2 fully saturated rings. The number of nitrogens with zero attached hydrogens (tertiary/aromatic N) is 4. The van der Waals surface area contributed by atoms with Crippen LogP contribution in [0.3, 0.4) is 0 Å². The van der Waals surface area contributed by atoms with Crippen LogP contribution in [0.15, 0.2) is 35.1 Å². The van der Waals surface area contributed by atoms with Gasteiger partial charge in [0.15, 0.2) is 10.9 Å². The average molecular weight is 599 g/mol. The molecule has 3 aromatic heterocycles. The monoisotopic (exact) mass is 597 g/mol. The predicted octanol–water partition coefficient (Wildman–Crippen LogP) is 7.49. The summed E-state index contributed by atoms with van der Waals surface area (Å²) in [5.74, 6) is 0.579. The van der Waals surface area contributed by atoms with Crippen molar-refractivity contribution in [3.63, 3.8) is 0 Å². The molecule has 1 spiro atoms. The van der Waals surface area contributed by atoms with E-state index in [9.17, 15) is 9.18 Å². The van der Waals surface area contributed by atoms with Gasteiger partial charge in [0.1, 0.15) is 17.0 Å². The smallest absolute Gasteiger partial charge is 0.251 e. The van der Waals surface area contributed by atoms with Gasteiger partial charge in [-0.3, -0.25) is 9.78 Å². The summed E-state index contributed by atoms with van der Waals surface area (Å²) in [5.41, 5.74) is 4.37. The minimum Gasteiger partial charge on any atom is -0.360 e. The summed E-state index contributed by atoms with van der Waals surface area (Å²) in [6.07, 6.45) is 10.6. The number of hydrogen-bond acceptors (Lipinski definition) is 7. The fourth-order valence-corrected chi connectivity index (χ4v) is 7.51. The van der Waals surface area contributed by atoms with Crippen molar-refractivity contribution in [1.29, 1.82) is 0 Å². The van der Waals surface area contributed by atoms with Gasteiger partial charge in [0.2, 0.25) is 0 Å². The number of nitrogens with one attached hydrogen (secondary N) is 1. The number of allylic oxidation sites excluding steroid dienone is 2. The maximum atomic E-state index is 14.8. The molecule has 1 aliphatic heterocycles. The fraction of sp³-hybridized carbons (Fsp3) is 0.379. The van der Waals surface area contributed by atoms with Crippen molar-refractivity contribution in [2.75, 3.05) is 24.5 Å². The second kappa shape index (κ2) is 9.82. The van der Waals surface area contributed by atoms with Crippen LogP contribution >= 0.6 is 34.5 Å². The Morgan fingerprint density at radius 3 is 2.60 bits per heavy atom. The molecule has 4 heterocycles. The number of halogens is 3. The molecule has 1 N–H and O–H groups in total. The van der Waals surface area contributed by atoms with E-state index in [0.717, 1.165) is 61.6 Å². The highest BCUT2D eigenvalue weighted by Gasteiger charge is 2.44. The average Bonchev–Trinajstić information content (AvgIpc) is 3.52. The molecule has 0 radical (unpaired) electrons. The summed E-state index contributed by atoms with van der Waals surface area (Å²) in [5, 5.41) is 8.86. The number of hydrogen-bond donors (Lipinski definition) is 1. The van der Waals surface area contributed by atoms with E-state index in [1.165, 1.54) is 23.0 Å². The number of thiazole rings is 1. The molecule has 1 saturated heterocycles. The molecule has 1 amide bonds. The molecule has 4 aromatic rings. The lowest BCUT2D eigenvalue weighted by Crippen LogP contribution is -2.42. The molecular formula is C29H26Cl2FN5O2S. The highest BCUT2D eigenvalue weighted by molar-refractivity contribution is 7.22. The summed E-state index contributed by atoms with van der Waals surface area (Å²) >= 11 is 14.4. The van der Waals surface area contributed by atoms with Gasteiger partial charge >= 0.3 is 0 Å². The number of carbonyl (C=O) groups is 1. The number of piperidine rings is 1. The van der Waals surface area contributed by atoms with Crippen LogP contribution in [0.1, 0.15) is 66.6 Å². The number of rotatable bonds is 6. The van der Waals surface area contributed by atoms with Gasteiger partial charge in [-0.25, -0.2) is 9.37 Å². The summed E-state index contributed by atoms with van der Waals surface area (Å²) in [6, 6.07) is 3.00. The molecule has 1 aromatic carbocycles. The lowest BCUT2D eigenvalue weighted by molar-refractivity contribution is 0.0955. The maximum Gasteiger partial charge on any atom is 0.251 e. The summed E-state index contributed by atoms with van der Waals surface area (Å²) < 4.78 is 21.3. The Balaban J connectivity index is 1.12. The first-order valence-corrected chi connectivity index (χ1v) is 15.1. The van der Waals surface area contributed by atoms with Crippen molar-refractivity contribution in [3.05, 3.63) is 63.4 Å². The molecule has 0 bridgehead atoms. The minimum atomic E-state index is -0.466. The third kappa shape index (κ3) is 4.39. The number of anilines is 1. The van der Waals surface area contributed by atoms with Crippen molar-refractivity contribution >= 4 is 61.4 Å². The number of carbonyl (C=O) groups excluding carboxylic acids is 1. The fourth-order valence-electron chi connectivity index (χ4n) is 5.90. The molecular weight excluding hydrogens is 572 g/mol. The lowest BCUT2D eigenvalue weighted by atomic mass is 9.63. The summed E-state index contributed by atoms with van der Waals surface area (Å²) in [7, 11) is 0. The number of benzene rings is 1. The van der Waals surface area contributed by atoms with E-state index in [2.05, 4.69) is 31.4 Å². The van der Waals surface area contributed by atoms with Crippen molar-refractivity contribution in [2.45, 2.75) is 44.9 Å². The SMILES string of the molecule is CCNC(=O)c1cc(F)c2nc(N3CCC4(C=C(c5c(-c6c(Cl)cncc6Cl)noc5C5CC5)C4)CC3)sc2c1. The van der Waals surface area contributed by atoms with Crippen LogP contribution in [0, 0.1) is 11.2 Å². The zero-order valence-corrected chi connectivity index (χ0v) is 24.1. The molecule has 0 unspecified atom stereocenters. The molecule has 40 heavy (non-hydrogen) atoms. The number of amides is 1. The Bertz CT molecular complexity index is 1670. The van der Waals surface area contributed by atoms with Gasteiger partial charge in [-0.15, -0.1) is 0 Å². The van der Waals surface area contributed by atoms with Crippen molar-refractivity contribution in [2.24, 2.45) is 5.41 Å². The molecule has 1 saturated carbocycles. The molecule has 7 rings (SSSR count). The van der Waals surface area contributed by atoms with Crippen LogP contribution in [0.25, 0.3) is 27.0 Å². The maximum absolute atomic E-state index is 14.8. The van der Waals surface area contributed by atoms with Gasteiger partial charge in [0.25, 0.3) is 5.91 Å². The third-order valence-electron chi connectivity index (χ3n) is 8.17. The Kier molecular flexibility index (Phi) is 6.36. The Labute approximate surface area is 244 Å². The van der Waals surface area contributed by atoms with E-state index in [1.807, 2.05) is 6.92 Å². The normalized spacial score (nSPS) is 18.2. The van der Waals surface area contributed by atoms with Gasteiger partial charge in [-0.1, -0.05) is 45.8 Å². The van der Waals surface area contributed by atoms with Crippen molar-refractivity contribution < 1.29 is 13.7 Å². The minimum absolute atomic E-state index is 0.0976. The van der Waals surface area contributed by atoms with E-state index in [-0.39, 0.29) is 11.3 Å². The van der Waals surface area contributed by atoms with Gasteiger partial charge in [0, 0.05) is 54.6 Å². The molecule has 7 nitrogen and oxygen atoms in total. The molecule has 3 aliphatic rings. The quantitative estimate of drug-likeness (QED) is 0.248. The van der Waals surface area contributed by atoms with E-state index >= 15 is 0 Å². The standard InChI is InChI=1S/C29H26Cl2FN5O2S/c1-2-34-27(38)16-9-20(32)24-21(10-16)40-28(35-24)37-7-5-29(6-8-37)11-17(12-29)22-25(36-39-26(22)15-3-4-15)23-18(30)13-33-14-19(23)31/h9-11,13-15H,2-8,12H2,1H3,(H,34,38). The largest absolute Gasteiger partial charge is 0.360 e. The number of pyridine rings is 1. The molecule has 11 heteroatoms.